The molecule has 0 radical (unpaired) electrons. The van der Waals surface area contributed by atoms with Crippen molar-refractivity contribution in [3.05, 3.63) is 64.1 Å². The minimum atomic E-state index is -0.913. The maximum absolute atomic E-state index is 13.7. The summed E-state index contributed by atoms with van der Waals surface area (Å²) >= 11 is 6.14. The third-order valence-corrected chi connectivity index (χ3v) is 6.02. The number of aliphatic hydroxyl groups is 1. The van der Waals surface area contributed by atoms with Crippen molar-refractivity contribution < 1.29 is 38.1 Å². The van der Waals surface area contributed by atoms with E-state index in [0.717, 1.165) is 0 Å². The summed E-state index contributed by atoms with van der Waals surface area (Å²) in [5.41, 5.74) is 0.738. The van der Waals surface area contributed by atoms with Gasteiger partial charge in [-0.1, -0.05) is 17.7 Å². The van der Waals surface area contributed by atoms with E-state index < -0.39 is 23.5 Å². The maximum atomic E-state index is 13.7. The molecule has 10 heteroatoms. The van der Waals surface area contributed by atoms with Crippen LogP contribution in [0.25, 0.3) is 11.0 Å². The average Bonchev–Trinajstić information content (AvgIpc) is 3.40. The van der Waals surface area contributed by atoms with Crippen LogP contribution >= 0.6 is 11.6 Å². The quantitative estimate of drug-likeness (QED) is 0.431. The molecule has 1 unspecified atom stereocenters. The number of furan rings is 1. The summed E-state index contributed by atoms with van der Waals surface area (Å²) in [4.78, 5) is 28.1. The molecule has 1 aliphatic rings. The van der Waals surface area contributed by atoms with Gasteiger partial charge in [0.2, 0.25) is 5.78 Å². The van der Waals surface area contributed by atoms with Crippen LogP contribution in [-0.2, 0) is 9.53 Å². The Balaban J connectivity index is 1.84. The highest BCUT2D eigenvalue weighted by Gasteiger charge is 2.44. The van der Waals surface area contributed by atoms with Crippen molar-refractivity contribution >= 4 is 34.3 Å². The first-order chi connectivity index (χ1) is 16.8. The van der Waals surface area contributed by atoms with E-state index in [-0.39, 0.29) is 24.5 Å². The Morgan fingerprint density at radius 2 is 1.74 bits per heavy atom. The lowest BCUT2D eigenvalue weighted by molar-refractivity contribution is -0.130. The van der Waals surface area contributed by atoms with Crippen molar-refractivity contribution in [3.8, 4) is 17.2 Å². The maximum Gasteiger partial charge on any atom is 0.290 e. The van der Waals surface area contributed by atoms with Crippen LogP contribution in [0.2, 0.25) is 5.02 Å². The lowest BCUT2D eigenvalue weighted by Crippen LogP contribution is -2.34. The van der Waals surface area contributed by atoms with Crippen molar-refractivity contribution in [2.75, 3.05) is 41.6 Å². The van der Waals surface area contributed by atoms with Gasteiger partial charge in [-0.25, -0.2) is 0 Å². The molecule has 184 valence electrons. The van der Waals surface area contributed by atoms with Crippen LogP contribution in [0.4, 0.5) is 0 Å². The smallest absolute Gasteiger partial charge is 0.290 e. The minimum absolute atomic E-state index is 0.0750. The lowest BCUT2D eigenvalue weighted by Gasteiger charge is -2.27. The van der Waals surface area contributed by atoms with Crippen LogP contribution in [0.5, 0.6) is 17.2 Å². The Morgan fingerprint density at radius 1 is 1.03 bits per heavy atom. The zero-order valence-electron chi connectivity index (χ0n) is 19.6. The predicted molar refractivity (Wildman–Crippen MR) is 128 cm³/mol. The molecule has 4 rings (SSSR count). The number of hydrogen-bond acceptors (Lipinski definition) is 8. The van der Waals surface area contributed by atoms with E-state index >= 15 is 0 Å². The number of halogens is 1. The van der Waals surface area contributed by atoms with Gasteiger partial charge in [0.05, 0.1) is 39.6 Å². The second kappa shape index (κ2) is 9.89. The summed E-state index contributed by atoms with van der Waals surface area (Å²) in [5.74, 6) is -0.834. The van der Waals surface area contributed by atoms with Crippen LogP contribution in [0, 0.1) is 0 Å². The molecule has 1 amide bonds. The molecule has 9 nitrogen and oxygen atoms in total. The third kappa shape index (κ3) is 4.28. The molecule has 1 aliphatic heterocycles. The third-order valence-electron chi connectivity index (χ3n) is 5.80. The van der Waals surface area contributed by atoms with Gasteiger partial charge in [0.25, 0.3) is 5.91 Å². The second-order valence-corrected chi connectivity index (χ2v) is 8.17. The van der Waals surface area contributed by atoms with Crippen LogP contribution in [0.3, 0.4) is 0 Å². The number of carbonyl (C=O) groups excluding carboxylic acids is 2. The molecule has 2 aromatic carbocycles. The number of amides is 1. The van der Waals surface area contributed by atoms with E-state index in [9.17, 15) is 14.7 Å². The van der Waals surface area contributed by atoms with Gasteiger partial charge in [0.15, 0.2) is 34.4 Å². The number of carbonyl (C=O) groups is 2. The Labute approximate surface area is 206 Å². The van der Waals surface area contributed by atoms with Crippen molar-refractivity contribution in [1.82, 2.24) is 4.90 Å². The minimum Gasteiger partial charge on any atom is -0.503 e. The predicted octanol–water partition coefficient (Wildman–Crippen LogP) is 4.34. The molecule has 0 saturated carbocycles. The Kier molecular flexibility index (Phi) is 6.90. The van der Waals surface area contributed by atoms with Crippen molar-refractivity contribution in [3.63, 3.8) is 0 Å². The highest BCUT2D eigenvalue weighted by atomic mass is 35.5. The number of rotatable bonds is 9. The molecule has 2 heterocycles. The normalized spacial score (nSPS) is 15.7. The first-order valence-corrected chi connectivity index (χ1v) is 11.0. The number of benzene rings is 2. The van der Waals surface area contributed by atoms with Gasteiger partial charge in [-0.2, -0.15) is 0 Å². The molecule has 1 aromatic heterocycles. The van der Waals surface area contributed by atoms with E-state index in [1.807, 2.05) is 0 Å². The number of ether oxygens (including phenoxy) is 4. The topological polar surface area (TPSA) is 108 Å². The standard InChI is InChI=1S/C25H24ClNO8/c1-31-8-7-27-21(13-5-6-16(32-2)17(10-13)33-3)20(23(29)25(27)30)22(28)18-11-14-9-15(26)12-19(34-4)24(14)35-18/h5-6,9-12,21,29H,7-8H2,1-4H3. The van der Waals surface area contributed by atoms with Crippen molar-refractivity contribution in [2.24, 2.45) is 0 Å². The molecule has 35 heavy (non-hydrogen) atoms. The molecule has 0 spiro atoms. The number of hydrogen-bond donors (Lipinski definition) is 1. The summed E-state index contributed by atoms with van der Waals surface area (Å²) in [5, 5.41) is 11.8. The second-order valence-electron chi connectivity index (χ2n) is 7.74. The van der Waals surface area contributed by atoms with E-state index in [1.54, 1.807) is 30.3 Å². The van der Waals surface area contributed by atoms with E-state index in [4.69, 9.17) is 35.0 Å². The van der Waals surface area contributed by atoms with Crippen LogP contribution in [0.15, 0.2) is 52.1 Å². The fourth-order valence-electron chi connectivity index (χ4n) is 4.16. The first kappa shape index (κ1) is 24.4. The van der Waals surface area contributed by atoms with E-state index in [1.165, 1.54) is 39.4 Å². The molecular formula is C25H24ClNO8. The molecular weight excluding hydrogens is 478 g/mol. The Bertz CT molecular complexity index is 1330. The van der Waals surface area contributed by atoms with Crippen LogP contribution in [0.1, 0.15) is 22.2 Å². The molecule has 3 aromatic rings. The summed E-state index contributed by atoms with van der Waals surface area (Å²) in [7, 11) is 5.94. The zero-order chi connectivity index (χ0) is 25.3. The van der Waals surface area contributed by atoms with Gasteiger partial charge in [-0.05, 0) is 29.8 Å². The van der Waals surface area contributed by atoms with Crippen molar-refractivity contribution in [2.45, 2.75) is 6.04 Å². The largest absolute Gasteiger partial charge is 0.503 e. The summed E-state index contributed by atoms with van der Waals surface area (Å²) < 4.78 is 27.0. The molecule has 1 N–H and O–H groups in total. The van der Waals surface area contributed by atoms with E-state index in [2.05, 4.69) is 0 Å². The number of Topliss-reactive ketones (excluding diaryl/α,β-unsaturated/α-hetero) is 1. The molecule has 0 saturated heterocycles. The van der Waals surface area contributed by atoms with Crippen molar-refractivity contribution in [1.29, 1.82) is 0 Å². The van der Waals surface area contributed by atoms with Gasteiger partial charge in [0.1, 0.15) is 0 Å². The fourth-order valence-corrected chi connectivity index (χ4v) is 4.37. The highest BCUT2D eigenvalue weighted by molar-refractivity contribution is 6.31. The number of aliphatic hydroxyl groups excluding tert-OH is 1. The zero-order valence-corrected chi connectivity index (χ0v) is 20.3. The number of nitrogens with zero attached hydrogens (tertiary/aromatic N) is 1. The van der Waals surface area contributed by atoms with Gasteiger partial charge >= 0.3 is 0 Å². The SMILES string of the molecule is COCCN1C(=O)C(O)=C(C(=O)c2cc3cc(Cl)cc(OC)c3o2)C1c1ccc(OC)c(OC)c1. The highest BCUT2D eigenvalue weighted by Crippen LogP contribution is 2.42. The molecule has 1 atom stereocenters. The van der Waals surface area contributed by atoms with Gasteiger partial charge in [-0.15, -0.1) is 0 Å². The number of fused-ring (bicyclic) bond motifs is 1. The fraction of sp³-hybridized carbons (Fsp3) is 0.280. The molecule has 0 bridgehead atoms. The Hall–Kier alpha value is -3.69. The lowest BCUT2D eigenvalue weighted by atomic mass is 9.94. The average molecular weight is 502 g/mol. The van der Waals surface area contributed by atoms with Crippen LogP contribution in [-0.4, -0.2) is 63.3 Å². The summed E-state index contributed by atoms with van der Waals surface area (Å²) in [6.45, 7) is 0.337. The summed E-state index contributed by atoms with van der Waals surface area (Å²) in [6.07, 6.45) is 0. The number of ketones is 1. The first-order valence-electron chi connectivity index (χ1n) is 10.6. The van der Waals surface area contributed by atoms with Gasteiger partial charge in [-0.3, -0.25) is 9.59 Å². The summed E-state index contributed by atoms with van der Waals surface area (Å²) in [6, 6.07) is 8.81. The van der Waals surface area contributed by atoms with Gasteiger partial charge in [0, 0.05) is 30.1 Å². The monoisotopic (exact) mass is 501 g/mol. The van der Waals surface area contributed by atoms with E-state index in [0.29, 0.717) is 38.8 Å². The van der Waals surface area contributed by atoms with Gasteiger partial charge < -0.3 is 33.4 Å². The van der Waals surface area contributed by atoms with Crippen LogP contribution < -0.4 is 14.2 Å². The number of methoxy groups -OCH3 is 4. The molecule has 0 fully saturated rings. The Morgan fingerprint density at radius 3 is 2.40 bits per heavy atom. The molecule has 0 aliphatic carbocycles.